The van der Waals surface area contributed by atoms with Gasteiger partial charge in [-0.15, -0.1) is 0 Å². The van der Waals surface area contributed by atoms with E-state index in [-0.39, 0.29) is 48.9 Å². The van der Waals surface area contributed by atoms with Crippen molar-refractivity contribution in [3.8, 4) is 23.0 Å². The molecule has 0 radical (unpaired) electrons. The van der Waals surface area contributed by atoms with Gasteiger partial charge in [-0.05, 0) is 77.7 Å². The summed E-state index contributed by atoms with van der Waals surface area (Å²) in [7, 11) is 0. The lowest BCUT2D eigenvalue weighted by atomic mass is 9.78. The largest absolute Gasteiger partial charge is 0.491 e. The predicted molar refractivity (Wildman–Crippen MR) is 200 cm³/mol. The van der Waals surface area contributed by atoms with Crippen LogP contribution in [0.3, 0.4) is 0 Å². The van der Waals surface area contributed by atoms with Crippen molar-refractivity contribution in [2.75, 3.05) is 39.6 Å². The number of epoxide rings is 1. The minimum absolute atomic E-state index is 0.00928. The Kier molecular flexibility index (Phi) is 12.6. The maximum Gasteiger partial charge on any atom is 0.333 e. The molecule has 1 saturated heterocycles. The van der Waals surface area contributed by atoms with Gasteiger partial charge < -0.3 is 38.6 Å². The standard InChI is InChI=1S/C43H50O9/c1-29(2)41(46)52-26-35(45)25-49-38-19-11-31(12-20-38)42(3,4)30-7-15-36(16-8-30)47-23-34(44)24-48-37-17-9-32(10-18-37)43(5,6)33-13-21-39(22-14-33)50-27-40-28-51-40/h7-22,34-35,40,44-45H,1,23-28H2,2-6H3. The summed E-state index contributed by atoms with van der Waals surface area (Å²) in [5.74, 6) is 2.22. The molecule has 9 heteroatoms. The Hall–Kier alpha value is -4.83. The van der Waals surface area contributed by atoms with Crippen molar-refractivity contribution < 1.29 is 43.4 Å². The molecule has 1 fully saturated rings. The summed E-state index contributed by atoms with van der Waals surface area (Å²) >= 11 is 0. The molecular formula is C43H50O9. The number of rotatable bonds is 19. The molecule has 0 bridgehead atoms. The van der Waals surface area contributed by atoms with Gasteiger partial charge in [-0.3, -0.25) is 0 Å². The van der Waals surface area contributed by atoms with Crippen LogP contribution in [0.25, 0.3) is 0 Å². The number of aliphatic hydroxyl groups is 2. The van der Waals surface area contributed by atoms with Gasteiger partial charge in [-0.25, -0.2) is 4.79 Å². The van der Waals surface area contributed by atoms with Gasteiger partial charge in [0.2, 0.25) is 0 Å². The van der Waals surface area contributed by atoms with Crippen LogP contribution < -0.4 is 18.9 Å². The van der Waals surface area contributed by atoms with E-state index < -0.39 is 18.2 Å². The van der Waals surface area contributed by atoms with Crippen molar-refractivity contribution in [2.45, 2.75) is 63.8 Å². The summed E-state index contributed by atoms with van der Waals surface area (Å²) in [6.45, 7) is 15.1. The molecule has 0 saturated carbocycles. The zero-order chi connectivity index (χ0) is 37.3. The van der Waals surface area contributed by atoms with Gasteiger partial charge in [0.05, 0.1) is 6.61 Å². The molecule has 3 unspecified atom stereocenters. The minimum atomic E-state index is -0.950. The number of benzene rings is 4. The van der Waals surface area contributed by atoms with E-state index >= 15 is 0 Å². The SMILES string of the molecule is C=C(C)C(=O)OCC(O)COc1ccc(C(C)(C)c2ccc(OCC(O)COc3ccc(C(C)(C)c4ccc(OCC5CO5)cc4)cc3)cc2)cc1. The van der Waals surface area contributed by atoms with Crippen LogP contribution in [0.2, 0.25) is 0 Å². The molecule has 3 atom stereocenters. The number of carbonyl (C=O) groups is 1. The second kappa shape index (κ2) is 17.1. The van der Waals surface area contributed by atoms with Crippen molar-refractivity contribution in [1.29, 1.82) is 0 Å². The molecule has 4 aromatic rings. The number of hydrogen-bond acceptors (Lipinski definition) is 9. The highest BCUT2D eigenvalue weighted by Crippen LogP contribution is 2.35. The van der Waals surface area contributed by atoms with Crippen molar-refractivity contribution in [1.82, 2.24) is 0 Å². The third-order valence-electron chi connectivity index (χ3n) is 9.22. The molecule has 0 aliphatic carbocycles. The smallest absolute Gasteiger partial charge is 0.333 e. The van der Waals surface area contributed by atoms with Crippen LogP contribution in [-0.2, 0) is 25.1 Å². The molecule has 52 heavy (non-hydrogen) atoms. The highest BCUT2D eigenvalue weighted by Gasteiger charge is 2.26. The van der Waals surface area contributed by atoms with E-state index in [1.165, 1.54) is 5.56 Å². The zero-order valence-electron chi connectivity index (χ0n) is 30.7. The topological polar surface area (TPSA) is 116 Å². The van der Waals surface area contributed by atoms with E-state index in [4.69, 9.17) is 28.4 Å². The maximum atomic E-state index is 11.5. The average Bonchev–Trinajstić information content (AvgIpc) is 3.99. The fourth-order valence-electron chi connectivity index (χ4n) is 5.53. The number of ether oxygens (including phenoxy) is 6. The summed E-state index contributed by atoms with van der Waals surface area (Å²) in [5, 5.41) is 20.6. The van der Waals surface area contributed by atoms with Gasteiger partial charge in [0, 0.05) is 16.4 Å². The Labute approximate surface area is 306 Å². The van der Waals surface area contributed by atoms with E-state index in [0.717, 1.165) is 29.0 Å². The normalized spacial score (nSPS) is 15.2. The molecule has 5 rings (SSSR count). The monoisotopic (exact) mass is 710 g/mol. The molecule has 276 valence electrons. The fourth-order valence-corrected chi connectivity index (χ4v) is 5.53. The second-order valence-corrected chi connectivity index (χ2v) is 14.2. The van der Waals surface area contributed by atoms with E-state index in [9.17, 15) is 15.0 Å². The molecule has 1 heterocycles. The van der Waals surface area contributed by atoms with Gasteiger partial charge in [0.1, 0.15) is 74.3 Å². The molecule has 0 aromatic heterocycles. The van der Waals surface area contributed by atoms with Crippen molar-refractivity contribution >= 4 is 5.97 Å². The first-order chi connectivity index (χ1) is 24.8. The van der Waals surface area contributed by atoms with Crippen molar-refractivity contribution in [3.63, 3.8) is 0 Å². The maximum absolute atomic E-state index is 11.5. The summed E-state index contributed by atoms with van der Waals surface area (Å²) in [6.07, 6.45) is -1.53. The Bertz CT molecular complexity index is 1740. The van der Waals surface area contributed by atoms with E-state index in [0.29, 0.717) is 23.9 Å². The molecule has 1 aliphatic heterocycles. The van der Waals surface area contributed by atoms with Crippen LogP contribution in [0.1, 0.15) is 56.9 Å². The Balaban J connectivity index is 1.05. The number of carbonyl (C=O) groups excluding carboxylic acids is 1. The third kappa shape index (κ3) is 10.6. The highest BCUT2D eigenvalue weighted by atomic mass is 16.6. The van der Waals surface area contributed by atoms with Crippen LogP contribution in [-0.4, -0.2) is 74.1 Å². The summed E-state index contributed by atoms with van der Waals surface area (Å²) in [5.41, 5.74) is 4.24. The summed E-state index contributed by atoms with van der Waals surface area (Å²) in [4.78, 5) is 11.5. The second-order valence-electron chi connectivity index (χ2n) is 14.2. The van der Waals surface area contributed by atoms with Gasteiger partial charge >= 0.3 is 5.97 Å². The van der Waals surface area contributed by atoms with Crippen LogP contribution in [0.5, 0.6) is 23.0 Å². The van der Waals surface area contributed by atoms with E-state index in [1.807, 2.05) is 72.8 Å². The van der Waals surface area contributed by atoms with Crippen LogP contribution in [0.15, 0.2) is 109 Å². The molecule has 0 amide bonds. The molecule has 2 N–H and O–H groups in total. The lowest BCUT2D eigenvalue weighted by Crippen LogP contribution is -2.25. The Morgan fingerprint density at radius 3 is 1.25 bits per heavy atom. The van der Waals surface area contributed by atoms with E-state index in [1.54, 1.807) is 6.92 Å². The van der Waals surface area contributed by atoms with Gasteiger partial charge in [-0.2, -0.15) is 0 Å². The number of esters is 1. The van der Waals surface area contributed by atoms with Gasteiger partial charge in [0.25, 0.3) is 0 Å². The summed E-state index contributed by atoms with van der Waals surface area (Å²) in [6, 6.07) is 31.7. The van der Waals surface area contributed by atoms with E-state index in [2.05, 4.69) is 58.5 Å². The lowest BCUT2D eigenvalue weighted by Gasteiger charge is -2.27. The first-order valence-electron chi connectivity index (χ1n) is 17.5. The number of hydrogen-bond donors (Lipinski definition) is 2. The molecule has 4 aromatic carbocycles. The van der Waals surface area contributed by atoms with Gasteiger partial charge in [-0.1, -0.05) is 82.8 Å². The minimum Gasteiger partial charge on any atom is -0.491 e. The highest BCUT2D eigenvalue weighted by molar-refractivity contribution is 5.86. The average molecular weight is 711 g/mol. The third-order valence-corrected chi connectivity index (χ3v) is 9.22. The van der Waals surface area contributed by atoms with Crippen LogP contribution in [0.4, 0.5) is 0 Å². The molecular weight excluding hydrogens is 660 g/mol. The lowest BCUT2D eigenvalue weighted by molar-refractivity contribution is -0.142. The quantitative estimate of drug-likeness (QED) is 0.0617. The van der Waals surface area contributed by atoms with Crippen molar-refractivity contribution in [3.05, 3.63) is 131 Å². The summed E-state index contributed by atoms with van der Waals surface area (Å²) < 4.78 is 33.4. The molecule has 0 spiro atoms. The van der Waals surface area contributed by atoms with Crippen molar-refractivity contribution in [2.24, 2.45) is 0 Å². The van der Waals surface area contributed by atoms with Gasteiger partial charge in [0.15, 0.2) is 0 Å². The van der Waals surface area contributed by atoms with Crippen LogP contribution >= 0.6 is 0 Å². The number of aliphatic hydroxyl groups excluding tert-OH is 2. The Morgan fingerprint density at radius 2 is 0.942 bits per heavy atom. The van der Waals surface area contributed by atoms with Crippen LogP contribution in [0, 0.1) is 0 Å². The zero-order valence-corrected chi connectivity index (χ0v) is 30.7. The molecule has 9 nitrogen and oxygen atoms in total. The molecule has 1 aliphatic rings. The first kappa shape index (κ1) is 38.4. The Morgan fingerprint density at radius 1 is 0.635 bits per heavy atom. The first-order valence-corrected chi connectivity index (χ1v) is 17.5. The predicted octanol–water partition coefficient (Wildman–Crippen LogP) is 6.79. The fraction of sp³-hybridized carbons (Fsp3) is 0.372.